The van der Waals surface area contributed by atoms with E-state index in [1.807, 2.05) is 18.2 Å². The Hall–Kier alpha value is -3.47. The normalized spacial score (nSPS) is 14.5. The van der Waals surface area contributed by atoms with Crippen LogP contribution in [0.5, 0.6) is 5.75 Å². The van der Waals surface area contributed by atoms with Crippen molar-refractivity contribution in [2.45, 2.75) is 0 Å². The van der Waals surface area contributed by atoms with Gasteiger partial charge in [-0.3, -0.25) is 9.30 Å². The van der Waals surface area contributed by atoms with E-state index in [1.165, 1.54) is 18.5 Å². The summed E-state index contributed by atoms with van der Waals surface area (Å²) in [5, 5.41) is 12.7. The third-order valence-corrected chi connectivity index (χ3v) is 6.34. The summed E-state index contributed by atoms with van der Waals surface area (Å²) >= 11 is 6.39. The molecule has 3 aromatic heterocycles. The lowest BCUT2D eigenvalue weighted by Crippen LogP contribution is -2.47. The number of rotatable bonds is 7. The summed E-state index contributed by atoms with van der Waals surface area (Å²) in [7, 11) is 1.62. The summed E-state index contributed by atoms with van der Waals surface area (Å²) < 4.78 is 21.3. The zero-order valence-electron chi connectivity index (χ0n) is 19.2. The number of hydrogen-bond donors (Lipinski definition) is 2. The number of piperazine rings is 1. The number of aliphatic hydroxyl groups is 1. The average Bonchev–Trinajstić information content (AvgIpc) is 3.31. The summed E-state index contributed by atoms with van der Waals surface area (Å²) in [4.78, 5) is 17.6. The molecule has 0 atom stereocenters. The Balaban J connectivity index is 1.39. The number of imidazole rings is 1. The number of pyridine rings is 1. The van der Waals surface area contributed by atoms with Crippen LogP contribution in [0.3, 0.4) is 0 Å². The maximum Gasteiger partial charge on any atom is 0.227 e. The number of anilines is 3. The van der Waals surface area contributed by atoms with E-state index in [1.54, 1.807) is 23.8 Å². The van der Waals surface area contributed by atoms with E-state index in [9.17, 15) is 4.39 Å². The highest BCUT2D eigenvalue weighted by molar-refractivity contribution is 6.32. The maximum absolute atomic E-state index is 14.1. The summed E-state index contributed by atoms with van der Waals surface area (Å²) in [6, 6.07) is 8.88. The quantitative estimate of drug-likeness (QED) is 0.401. The van der Waals surface area contributed by atoms with Crippen LogP contribution in [-0.2, 0) is 0 Å². The molecule has 4 aromatic rings. The number of nitrogens with one attached hydrogen (secondary N) is 1. The van der Waals surface area contributed by atoms with Crippen molar-refractivity contribution in [3.8, 4) is 17.1 Å². The van der Waals surface area contributed by atoms with Crippen molar-refractivity contribution in [3.63, 3.8) is 0 Å². The molecule has 1 aromatic carbocycles. The lowest BCUT2D eigenvalue weighted by atomic mass is 10.2. The standard InChI is InChI=1S/C24H25ClFN7O2/c1-35-21-13-16(32-9-7-31(8-10-32)11-12-34)4-5-19(21)29-24-28-14-17(25)22(30-24)20-15-27-23-18(26)3-2-6-33(20)23/h2-6,13-15,34H,7-12H2,1H3,(H,28,29,30). The first-order valence-corrected chi connectivity index (χ1v) is 11.6. The molecule has 0 saturated carbocycles. The van der Waals surface area contributed by atoms with E-state index in [0.29, 0.717) is 40.3 Å². The fourth-order valence-corrected chi connectivity index (χ4v) is 4.42. The zero-order valence-corrected chi connectivity index (χ0v) is 19.9. The number of ether oxygens (including phenoxy) is 1. The van der Waals surface area contributed by atoms with Gasteiger partial charge in [0.05, 0.1) is 42.5 Å². The SMILES string of the molecule is COc1cc(N2CCN(CCO)CC2)ccc1Nc1ncc(Cl)c(-c2cnc3c(F)cccn23)n1. The molecule has 35 heavy (non-hydrogen) atoms. The highest BCUT2D eigenvalue weighted by Gasteiger charge is 2.19. The van der Waals surface area contributed by atoms with Crippen LogP contribution in [0.15, 0.2) is 48.9 Å². The van der Waals surface area contributed by atoms with Crippen molar-refractivity contribution in [2.75, 3.05) is 56.7 Å². The fourth-order valence-electron chi connectivity index (χ4n) is 4.23. The number of methoxy groups -OCH3 is 1. The molecule has 4 heterocycles. The van der Waals surface area contributed by atoms with Crippen molar-refractivity contribution in [1.29, 1.82) is 0 Å². The van der Waals surface area contributed by atoms with E-state index < -0.39 is 5.82 Å². The van der Waals surface area contributed by atoms with Gasteiger partial charge in [0.15, 0.2) is 11.5 Å². The summed E-state index contributed by atoms with van der Waals surface area (Å²) in [6.45, 7) is 4.43. The topological polar surface area (TPSA) is 91.0 Å². The van der Waals surface area contributed by atoms with Crippen molar-refractivity contribution in [1.82, 2.24) is 24.3 Å². The van der Waals surface area contributed by atoms with Crippen molar-refractivity contribution < 1.29 is 14.2 Å². The van der Waals surface area contributed by atoms with E-state index in [2.05, 4.69) is 30.1 Å². The molecule has 1 aliphatic rings. The van der Waals surface area contributed by atoms with Crippen LogP contribution < -0.4 is 15.0 Å². The van der Waals surface area contributed by atoms with Crippen molar-refractivity contribution >= 4 is 34.6 Å². The minimum Gasteiger partial charge on any atom is -0.494 e. The van der Waals surface area contributed by atoms with Gasteiger partial charge < -0.3 is 20.1 Å². The van der Waals surface area contributed by atoms with Gasteiger partial charge in [0.1, 0.15) is 11.4 Å². The molecule has 0 spiro atoms. The molecule has 0 aliphatic carbocycles. The third kappa shape index (κ3) is 4.72. The Labute approximate surface area is 206 Å². The van der Waals surface area contributed by atoms with Crippen LogP contribution in [0.2, 0.25) is 5.02 Å². The molecule has 1 saturated heterocycles. The molecular weight excluding hydrogens is 473 g/mol. The van der Waals surface area contributed by atoms with Gasteiger partial charge in [-0.25, -0.2) is 19.3 Å². The molecule has 0 bridgehead atoms. The number of fused-ring (bicyclic) bond motifs is 1. The first-order chi connectivity index (χ1) is 17.1. The maximum atomic E-state index is 14.1. The first-order valence-electron chi connectivity index (χ1n) is 11.2. The van der Waals surface area contributed by atoms with Gasteiger partial charge >= 0.3 is 0 Å². The van der Waals surface area contributed by atoms with Gasteiger partial charge in [-0.05, 0) is 24.3 Å². The first kappa shape index (κ1) is 23.3. The van der Waals surface area contributed by atoms with Crippen LogP contribution in [0.1, 0.15) is 0 Å². The van der Waals surface area contributed by atoms with Gasteiger partial charge in [0.2, 0.25) is 5.95 Å². The lowest BCUT2D eigenvalue weighted by molar-refractivity contribution is 0.189. The van der Waals surface area contributed by atoms with E-state index >= 15 is 0 Å². The van der Waals surface area contributed by atoms with Gasteiger partial charge in [-0.2, -0.15) is 0 Å². The zero-order chi connectivity index (χ0) is 24.4. The molecule has 0 amide bonds. The largest absolute Gasteiger partial charge is 0.494 e. The molecule has 1 aliphatic heterocycles. The molecule has 1 fully saturated rings. The second-order valence-corrected chi connectivity index (χ2v) is 8.55. The van der Waals surface area contributed by atoms with Crippen LogP contribution >= 0.6 is 11.6 Å². The minimum atomic E-state index is -0.429. The average molecular weight is 498 g/mol. The Morgan fingerprint density at radius 1 is 1.14 bits per heavy atom. The van der Waals surface area contributed by atoms with Crippen LogP contribution in [0.4, 0.5) is 21.7 Å². The summed E-state index contributed by atoms with van der Waals surface area (Å²) in [6.07, 6.45) is 4.74. The molecule has 0 radical (unpaired) electrons. The molecule has 11 heteroatoms. The second-order valence-electron chi connectivity index (χ2n) is 8.15. The molecule has 182 valence electrons. The van der Waals surface area contributed by atoms with E-state index in [4.69, 9.17) is 21.4 Å². The van der Waals surface area contributed by atoms with Gasteiger partial charge in [-0.15, -0.1) is 0 Å². The number of β-amino-alcohol motifs (C(OH)–C–C–N with tert-alkyl or cyclic N) is 1. The Bertz CT molecular complexity index is 1340. The smallest absolute Gasteiger partial charge is 0.227 e. The van der Waals surface area contributed by atoms with Gasteiger partial charge in [0.25, 0.3) is 0 Å². The van der Waals surface area contributed by atoms with Crippen molar-refractivity contribution in [2.24, 2.45) is 0 Å². The monoisotopic (exact) mass is 497 g/mol. The van der Waals surface area contributed by atoms with Gasteiger partial charge in [-0.1, -0.05) is 11.6 Å². The third-order valence-electron chi connectivity index (χ3n) is 6.06. The molecule has 0 unspecified atom stereocenters. The summed E-state index contributed by atoms with van der Waals surface area (Å²) in [5.74, 6) is 0.540. The number of hydrogen-bond acceptors (Lipinski definition) is 8. The van der Waals surface area contributed by atoms with Crippen LogP contribution in [0.25, 0.3) is 17.0 Å². The second kappa shape index (κ2) is 10.0. The molecule has 9 nitrogen and oxygen atoms in total. The fraction of sp³-hybridized carbons (Fsp3) is 0.292. The van der Waals surface area contributed by atoms with Crippen LogP contribution in [-0.4, -0.2) is 75.8 Å². The Morgan fingerprint density at radius 2 is 1.97 bits per heavy atom. The van der Waals surface area contributed by atoms with E-state index in [0.717, 1.165) is 31.9 Å². The number of aliphatic hydroxyl groups excluding tert-OH is 1. The molecule has 5 rings (SSSR count). The summed E-state index contributed by atoms with van der Waals surface area (Å²) in [5.41, 5.74) is 2.94. The van der Waals surface area contributed by atoms with Crippen LogP contribution in [0, 0.1) is 5.82 Å². The number of nitrogens with zero attached hydrogens (tertiary/aromatic N) is 6. The predicted octanol–water partition coefficient (Wildman–Crippen LogP) is 3.45. The predicted molar refractivity (Wildman–Crippen MR) is 133 cm³/mol. The number of aromatic nitrogens is 4. The highest BCUT2D eigenvalue weighted by Crippen LogP contribution is 2.33. The molecular formula is C24H25ClFN7O2. The Morgan fingerprint density at radius 3 is 2.74 bits per heavy atom. The number of halogens is 2. The minimum absolute atomic E-state index is 0.177. The Kier molecular flexibility index (Phi) is 6.67. The highest BCUT2D eigenvalue weighted by atomic mass is 35.5. The van der Waals surface area contributed by atoms with Gasteiger partial charge in [0, 0.05) is 50.7 Å². The van der Waals surface area contributed by atoms with E-state index in [-0.39, 0.29) is 12.3 Å². The van der Waals surface area contributed by atoms with Crippen molar-refractivity contribution in [3.05, 3.63) is 59.8 Å². The molecule has 2 N–H and O–H groups in total. The number of benzene rings is 1. The lowest BCUT2D eigenvalue weighted by Gasteiger charge is -2.36.